The van der Waals surface area contributed by atoms with Crippen molar-refractivity contribution in [1.82, 2.24) is 10.2 Å². The second-order valence-electron chi connectivity index (χ2n) is 4.53. The molecule has 4 heteroatoms. The maximum Gasteiger partial charge on any atom is 0.237 e. The van der Waals surface area contributed by atoms with Crippen LogP contribution in [-0.4, -0.2) is 29.9 Å². The highest BCUT2D eigenvalue weighted by molar-refractivity contribution is 6.30. The summed E-state index contributed by atoms with van der Waals surface area (Å²) in [6, 6.07) is 7.81. The predicted molar refractivity (Wildman–Crippen MR) is 75.7 cm³/mol. The number of rotatable bonds is 6. The molecule has 0 bridgehead atoms. The third kappa shape index (κ3) is 4.67. The fourth-order valence-electron chi connectivity index (χ4n) is 1.72. The Kier molecular flexibility index (Phi) is 6.16. The van der Waals surface area contributed by atoms with Gasteiger partial charge in [-0.05, 0) is 38.1 Å². The van der Waals surface area contributed by atoms with E-state index in [2.05, 4.69) is 5.32 Å². The van der Waals surface area contributed by atoms with E-state index in [-0.39, 0.29) is 11.9 Å². The van der Waals surface area contributed by atoms with Gasteiger partial charge in [0.15, 0.2) is 0 Å². The summed E-state index contributed by atoms with van der Waals surface area (Å²) in [5.74, 6) is 0.117. The van der Waals surface area contributed by atoms with Gasteiger partial charge in [0.2, 0.25) is 5.91 Å². The van der Waals surface area contributed by atoms with Gasteiger partial charge in [-0.3, -0.25) is 4.79 Å². The molecule has 0 aliphatic carbocycles. The van der Waals surface area contributed by atoms with Crippen molar-refractivity contribution in [3.63, 3.8) is 0 Å². The van der Waals surface area contributed by atoms with Crippen molar-refractivity contribution in [2.75, 3.05) is 13.1 Å². The molecule has 0 heterocycles. The van der Waals surface area contributed by atoms with Crippen molar-refractivity contribution in [1.29, 1.82) is 0 Å². The normalized spacial score (nSPS) is 10.7. The summed E-state index contributed by atoms with van der Waals surface area (Å²) < 4.78 is 0. The molecule has 0 atom stereocenters. The highest BCUT2D eigenvalue weighted by Crippen LogP contribution is 2.14. The first-order valence-corrected chi connectivity index (χ1v) is 6.67. The fourth-order valence-corrected chi connectivity index (χ4v) is 1.94. The molecule has 1 N–H and O–H groups in total. The van der Waals surface area contributed by atoms with E-state index in [0.29, 0.717) is 18.1 Å². The number of halogens is 1. The predicted octanol–water partition coefficient (Wildman–Crippen LogP) is 2.69. The standard InChI is InChI=1S/C14H21ClN2O/c1-4-16-9-14(18)17(11(2)3)10-12-6-5-7-13(15)8-12/h5-8,11,16H,4,9-10H2,1-3H3. The average molecular weight is 269 g/mol. The third-order valence-corrected chi connectivity index (χ3v) is 2.95. The van der Waals surface area contributed by atoms with E-state index in [1.54, 1.807) is 0 Å². The number of hydrogen-bond acceptors (Lipinski definition) is 2. The van der Waals surface area contributed by atoms with Gasteiger partial charge < -0.3 is 10.2 Å². The van der Waals surface area contributed by atoms with Crippen LogP contribution in [0.1, 0.15) is 26.3 Å². The zero-order valence-corrected chi connectivity index (χ0v) is 12.0. The van der Waals surface area contributed by atoms with Gasteiger partial charge in [0, 0.05) is 17.6 Å². The van der Waals surface area contributed by atoms with E-state index >= 15 is 0 Å². The van der Waals surface area contributed by atoms with Crippen LogP contribution in [0.15, 0.2) is 24.3 Å². The molecule has 1 rings (SSSR count). The number of nitrogens with zero attached hydrogens (tertiary/aromatic N) is 1. The molecule has 18 heavy (non-hydrogen) atoms. The molecule has 100 valence electrons. The number of hydrogen-bond donors (Lipinski definition) is 1. The van der Waals surface area contributed by atoms with Gasteiger partial charge in [0.1, 0.15) is 0 Å². The monoisotopic (exact) mass is 268 g/mol. The molecule has 1 amide bonds. The number of likely N-dealkylation sites (N-methyl/N-ethyl adjacent to an activating group) is 1. The van der Waals surface area contributed by atoms with Crippen LogP contribution < -0.4 is 5.32 Å². The lowest BCUT2D eigenvalue weighted by molar-refractivity contribution is -0.132. The molecule has 0 aliphatic heterocycles. The SMILES string of the molecule is CCNCC(=O)N(Cc1cccc(Cl)c1)C(C)C. The fraction of sp³-hybridized carbons (Fsp3) is 0.500. The van der Waals surface area contributed by atoms with Crippen molar-refractivity contribution < 1.29 is 4.79 Å². The highest BCUT2D eigenvalue weighted by Gasteiger charge is 2.16. The summed E-state index contributed by atoms with van der Waals surface area (Å²) in [4.78, 5) is 13.9. The summed E-state index contributed by atoms with van der Waals surface area (Å²) in [6.45, 7) is 7.82. The van der Waals surface area contributed by atoms with Crippen molar-refractivity contribution in [3.05, 3.63) is 34.9 Å². The summed E-state index contributed by atoms with van der Waals surface area (Å²) in [6.07, 6.45) is 0. The Morgan fingerprint density at radius 2 is 2.17 bits per heavy atom. The van der Waals surface area contributed by atoms with E-state index in [4.69, 9.17) is 11.6 Å². The smallest absolute Gasteiger partial charge is 0.237 e. The lowest BCUT2D eigenvalue weighted by Gasteiger charge is -2.27. The van der Waals surface area contributed by atoms with Gasteiger partial charge in [-0.1, -0.05) is 30.7 Å². The number of amides is 1. The Morgan fingerprint density at radius 3 is 2.72 bits per heavy atom. The van der Waals surface area contributed by atoms with Gasteiger partial charge in [0.25, 0.3) is 0 Å². The van der Waals surface area contributed by atoms with Gasteiger partial charge in [-0.15, -0.1) is 0 Å². The maximum atomic E-state index is 12.1. The van der Waals surface area contributed by atoms with Crippen molar-refractivity contribution >= 4 is 17.5 Å². The van der Waals surface area contributed by atoms with Crippen molar-refractivity contribution in [2.45, 2.75) is 33.4 Å². The molecule has 0 saturated heterocycles. The van der Waals surface area contributed by atoms with Gasteiger partial charge >= 0.3 is 0 Å². The third-order valence-electron chi connectivity index (χ3n) is 2.71. The molecule has 1 aromatic carbocycles. The van der Waals surface area contributed by atoms with Gasteiger partial charge in [0.05, 0.1) is 6.54 Å². The molecule has 0 unspecified atom stereocenters. The second kappa shape index (κ2) is 7.39. The summed E-state index contributed by atoms with van der Waals surface area (Å²) in [7, 11) is 0. The molecule has 0 radical (unpaired) electrons. The highest BCUT2D eigenvalue weighted by atomic mass is 35.5. The molecular weight excluding hydrogens is 248 g/mol. The molecular formula is C14H21ClN2O. The Hall–Kier alpha value is -1.06. The van der Waals surface area contributed by atoms with Crippen LogP contribution in [0.4, 0.5) is 0 Å². The molecule has 1 aromatic rings. The van der Waals surface area contributed by atoms with Crippen LogP contribution in [0.5, 0.6) is 0 Å². The minimum absolute atomic E-state index is 0.117. The number of carbonyl (C=O) groups is 1. The number of benzene rings is 1. The Morgan fingerprint density at radius 1 is 1.44 bits per heavy atom. The van der Waals surface area contributed by atoms with Gasteiger partial charge in [-0.25, -0.2) is 0 Å². The average Bonchev–Trinajstić information content (AvgIpc) is 2.32. The van der Waals surface area contributed by atoms with Crippen LogP contribution in [0.3, 0.4) is 0 Å². The summed E-state index contributed by atoms with van der Waals surface area (Å²) in [5.41, 5.74) is 1.06. The van der Waals surface area contributed by atoms with Crippen LogP contribution >= 0.6 is 11.6 Å². The topological polar surface area (TPSA) is 32.3 Å². The first-order valence-electron chi connectivity index (χ1n) is 6.29. The van der Waals surface area contributed by atoms with Crippen molar-refractivity contribution in [2.24, 2.45) is 0 Å². The zero-order chi connectivity index (χ0) is 13.5. The van der Waals surface area contributed by atoms with E-state index in [9.17, 15) is 4.79 Å². The quantitative estimate of drug-likeness (QED) is 0.860. The van der Waals surface area contributed by atoms with Crippen LogP contribution in [0, 0.1) is 0 Å². The first kappa shape index (κ1) is 15.0. The second-order valence-corrected chi connectivity index (χ2v) is 4.96. The van der Waals surface area contributed by atoms with Gasteiger partial charge in [-0.2, -0.15) is 0 Å². The molecule has 0 spiro atoms. The Labute approximate surface area is 114 Å². The minimum Gasteiger partial charge on any atom is -0.335 e. The van der Waals surface area contributed by atoms with Crippen LogP contribution in [0.25, 0.3) is 0 Å². The number of carbonyl (C=O) groups excluding carboxylic acids is 1. The molecule has 3 nitrogen and oxygen atoms in total. The lowest BCUT2D eigenvalue weighted by Crippen LogP contribution is -2.41. The molecule has 0 fully saturated rings. The maximum absolute atomic E-state index is 12.1. The first-order chi connectivity index (χ1) is 8.54. The molecule has 0 aliphatic rings. The van der Waals surface area contributed by atoms with Crippen molar-refractivity contribution in [3.8, 4) is 0 Å². The van der Waals surface area contributed by atoms with E-state index in [0.717, 1.165) is 12.1 Å². The minimum atomic E-state index is 0.117. The lowest BCUT2D eigenvalue weighted by atomic mass is 10.2. The summed E-state index contributed by atoms with van der Waals surface area (Å²) in [5, 5.41) is 3.77. The molecule has 0 aromatic heterocycles. The van der Waals surface area contributed by atoms with E-state index in [1.807, 2.05) is 49.9 Å². The van der Waals surface area contributed by atoms with E-state index in [1.165, 1.54) is 0 Å². The zero-order valence-electron chi connectivity index (χ0n) is 11.2. The Balaban J connectivity index is 2.71. The van der Waals surface area contributed by atoms with Crippen LogP contribution in [0.2, 0.25) is 5.02 Å². The largest absolute Gasteiger partial charge is 0.335 e. The van der Waals surface area contributed by atoms with Crippen LogP contribution in [-0.2, 0) is 11.3 Å². The summed E-state index contributed by atoms with van der Waals surface area (Å²) >= 11 is 5.96. The Bertz CT molecular complexity index is 393. The molecule has 0 saturated carbocycles. The van der Waals surface area contributed by atoms with E-state index < -0.39 is 0 Å². The number of nitrogens with one attached hydrogen (secondary N) is 1.